The first-order valence-electron chi connectivity index (χ1n) is 7.66. The Morgan fingerprint density at radius 1 is 1.12 bits per heavy atom. The van der Waals surface area contributed by atoms with Gasteiger partial charge in [0.05, 0.1) is 15.6 Å². The Bertz CT molecular complexity index is 608. The highest BCUT2D eigenvalue weighted by molar-refractivity contribution is 6.43. The number of rotatable bonds is 8. The van der Waals surface area contributed by atoms with Crippen molar-refractivity contribution in [2.24, 2.45) is 0 Å². The number of hydrogen-bond donors (Lipinski definition) is 3. The van der Waals surface area contributed by atoms with Gasteiger partial charge >= 0.3 is 0 Å². The average molecular weight is 374 g/mol. The summed E-state index contributed by atoms with van der Waals surface area (Å²) in [5.41, 5.74) is 0.197. The van der Waals surface area contributed by atoms with Crippen LogP contribution in [-0.4, -0.2) is 36.9 Å². The molecule has 0 aromatic heterocycles. The number of hydrogen-bond acceptors (Lipinski definition) is 3. The van der Waals surface area contributed by atoms with Gasteiger partial charge in [-0.3, -0.25) is 14.4 Å². The Kier molecular flexibility index (Phi) is 8.57. The second-order valence-electron chi connectivity index (χ2n) is 5.19. The standard InChI is InChI=1S/C16H21Cl2N3O3/c1-3-8-19-13(22)7-9-20-15(23)10(2)21-16(24)11-5-4-6-12(17)14(11)18/h4-6,10H,3,7-9H2,1-2H3,(H,19,22)(H,20,23)(H,21,24)/t10-/m1/s1. The molecule has 24 heavy (non-hydrogen) atoms. The Labute approximate surface area is 151 Å². The average Bonchev–Trinajstić information content (AvgIpc) is 2.55. The van der Waals surface area contributed by atoms with Crippen LogP contribution < -0.4 is 16.0 Å². The summed E-state index contributed by atoms with van der Waals surface area (Å²) in [6.07, 6.45) is 1.04. The van der Waals surface area contributed by atoms with E-state index in [2.05, 4.69) is 16.0 Å². The van der Waals surface area contributed by atoms with Gasteiger partial charge in [0.15, 0.2) is 0 Å². The van der Waals surface area contributed by atoms with Gasteiger partial charge in [-0.1, -0.05) is 36.2 Å². The van der Waals surface area contributed by atoms with Crippen molar-refractivity contribution in [1.29, 1.82) is 0 Å². The summed E-state index contributed by atoms with van der Waals surface area (Å²) in [6.45, 7) is 4.31. The zero-order valence-corrected chi connectivity index (χ0v) is 15.1. The molecule has 0 aliphatic carbocycles. The van der Waals surface area contributed by atoms with Crippen LogP contribution in [0.5, 0.6) is 0 Å². The van der Waals surface area contributed by atoms with Gasteiger partial charge in [0.1, 0.15) is 6.04 Å². The number of nitrogens with one attached hydrogen (secondary N) is 3. The highest BCUT2D eigenvalue weighted by atomic mass is 35.5. The second-order valence-corrected chi connectivity index (χ2v) is 5.97. The molecule has 0 fully saturated rings. The predicted octanol–water partition coefficient (Wildman–Crippen LogP) is 2.14. The molecule has 6 nitrogen and oxygen atoms in total. The molecule has 0 aliphatic rings. The molecular formula is C16H21Cl2N3O3. The van der Waals surface area contributed by atoms with E-state index in [1.165, 1.54) is 6.07 Å². The quantitative estimate of drug-likeness (QED) is 0.652. The summed E-state index contributed by atoms with van der Waals surface area (Å²) in [6, 6.07) is 3.92. The van der Waals surface area contributed by atoms with E-state index in [4.69, 9.17) is 23.2 Å². The summed E-state index contributed by atoms with van der Waals surface area (Å²) in [5.74, 6) is -1.00. The lowest BCUT2D eigenvalue weighted by Gasteiger charge is -2.15. The van der Waals surface area contributed by atoms with Gasteiger partial charge in [0, 0.05) is 19.5 Å². The molecule has 0 saturated heterocycles. The normalized spacial score (nSPS) is 11.5. The minimum Gasteiger partial charge on any atom is -0.356 e. The molecule has 1 aromatic carbocycles. The van der Waals surface area contributed by atoms with Crippen molar-refractivity contribution in [2.75, 3.05) is 13.1 Å². The monoisotopic (exact) mass is 373 g/mol. The summed E-state index contributed by atoms with van der Waals surface area (Å²) >= 11 is 11.8. The molecule has 0 saturated carbocycles. The maximum atomic E-state index is 12.1. The van der Waals surface area contributed by atoms with Crippen molar-refractivity contribution in [1.82, 2.24) is 16.0 Å². The third kappa shape index (κ3) is 6.37. The predicted molar refractivity (Wildman–Crippen MR) is 94.3 cm³/mol. The Hall–Kier alpha value is -1.79. The largest absolute Gasteiger partial charge is 0.356 e. The van der Waals surface area contributed by atoms with Crippen LogP contribution in [0.4, 0.5) is 0 Å². The van der Waals surface area contributed by atoms with Gasteiger partial charge in [-0.05, 0) is 25.5 Å². The minimum atomic E-state index is -0.772. The highest BCUT2D eigenvalue weighted by Gasteiger charge is 2.19. The van der Waals surface area contributed by atoms with Gasteiger partial charge in [-0.25, -0.2) is 0 Å². The second kappa shape index (κ2) is 10.2. The Morgan fingerprint density at radius 3 is 2.50 bits per heavy atom. The van der Waals surface area contributed by atoms with Gasteiger partial charge in [-0.15, -0.1) is 0 Å². The van der Waals surface area contributed by atoms with Crippen LogP contribution in [0.25, 0.3) is 0 Å². The van der Waals surface area contributed by atoms with E-state index in [0.717, 1.165) is 6.42 Å². The van der Waals surface area contributed by atoms with Crippen LogP contribution in [0.15, 0.2) is 18.2 Å². The molecule has 0 unspecified atom stereocenters. The third-order valence-electron chi connectivity index (χ3n) is 3.16. The molecule has 3 amide bonds. The van der Waals surface area contributed by atoms with Crippen molar-refractivity contribution < 1.29 is 14.4 Å². The van der Waals surface area contributed by atoms with Crippen molar-refractivity contribution in [3.63, 3.8) is 0 Å². The summed E-state index contributed by atoms with van der Waals surface area (Å²) < 4.78 is 0. The van der Waals surface area contributed by atoms with E-state index in [0.29, 0.717) is 6.54 Å². The lowest BCUT2D eigenvalue weighted by Crippen LogP contribution is -2.45. The van der Waals surface area contributed by atoms with Crippen molar-refractivity contribution in [3.05, 3.63) is 33.8 Å². The first kappa shape index (κ1) is 20.3. The fourth-order valence-corrected chi connectivity index (χ4v) is 2.21. The van der Waals surface area contributed by atoms with E-state index < -0.39 is 11.9 Å². The van der Waals surface area contributed by atoms with Crippen molar-refractivity contribution in [3.8, 4) is 0 Å². The molecule has 8 heteroatoms. The molecule has 0 spiro atoms. The SMILES string of the molecule is CCCNC(=O)CCNC(=O)[C@@H](C)NC(=O)c1cccc(Cl)c1Cl. The maximum Gasteiger partial charge on any atom is 0.253 e. The lowest BCUT2D eigenvalue weighted by atomic mass is 10.2. The first-order chi connectivity index (χ1) is 11.4. The smallest absolute Gasteiger partial charge is 0.253 e. The Balaban J connectivity index is 2.45. The molecular weight excluding hydrogens is 353 g/mol. The van der Waals surface area contributed by atoms with Gasteiger partial charge in [-0.2, -0.15) is 0 Å². The maximum absolute atomic E-state index is 12.1. The van der Waals surface area contributed by atoms with Crippen LogP contribution in [0, 0.1) is 0 Å². The highest BCUT2D eigenvalue weighted by Crippen LogP contribution is 2.25. The number of carbonyl (C=O) groups is 3. The summed E-state index contributed by atoms with van der Waals surface area (Å²) in [4.78, 5) is 35.5. The number of benzene rings is 1. The lowest BCUT2D eigenvalue weighted by molar-refractivity contribution is -0.123. The molecule has 1 aromatic rings. The van der Waals surface area contributed by atoms with Crippen molar-refractivity contribution in [2.45, 2.75) is 32.7 Å². The Morgan fingerprint density at radius 2 is 1.83 bits per heavy atom. The number of halogens is 2. The van der Waals surface area contributed by atoms with E-state index in [1.54, 1.807) is 19.1 Å². The fraction of sp³-hybridized carbons (Fsp3) is 0.438. The van der Waals surface area contributed by atoms with Crippen LogP contribution in [-0.2, 0) is 9.59 Å². The first-order valence-corrected chi connectivity index (χ1v) is 8.41. The van der Waals surface area contributed by atoms with E-state index in [1.807, 2.05) is 6.92 Å². The zero-order valence-electron chi connectivity index (χ0n) is 13.6. The van der Waals surface area contributed by atoms with Gasteiger partial charge in [0.25, 0.3) is 5.91 Å². The summed E-state index contributed by atoms with van der Waals surface area (Å²) in [7, 11) is 0. The third-order valence-corrected chi connectivity index (χ3v) is 3.98. The molecule has 0 aliphatic heterocycles. The molecule has 1 atom stereocenters. The van der Waals surface area contributed by atoms with E-state index in [9.17, 15) is 14.4 Å². The van der Waals surface area contributed by atoms with Crippen LogP contribution in [0.3, 0.4) is 0 Å². The fourth-order valence-electron chi connectivity index (χ4n) is 1.82. The van der Waals surface area contributed by atoms with E-state index in [-0.39, 0.29) is 40.4 Å². The molecule has 0 radical (unpaired) electrons. The minimum absolute atomic E-state index is 0.125. The van der Waals surface area contributed by atoms with Crippen LogP contribution >= 0.6 is 23.2 Å². The van der Waals surface area contributed by atoms with Gasteiger partial charge < -0.3 is 16.0 Å². The van der Waals surface area contributed by atoms with Crippen LogP contribution in [0.1, 0.15) is 37.0 Å². The summed E-state index contributed by atoms with van der Waals surface area (Å²) in [5, 5.41) is 8.25. The zero-order chi connectivity index (χ0) is 18.1. The number of carbonyl (C=O) groups excluding carboxylic acids is 3. The molecule has 1 rings (SSSR count). The molecule has 3 N–H and O–H groups in total. The van der Waals surface area contributed by atoms with Crippen molar-refractivity contribution >= 4 is 40.9 Å². The molecule has 132 valence electrons. The van der Waals surface area contributed by atoms with Crippen LogP contribution in [0.2, 0.25) is 10.0 Å². The number of amides is 3. The van der Waals surface area contributed by atoms with Gasteiger partial charge in [0.2, 0.25) is 11.8 Å². The molecule has 0 heterocycles. The molecule has 0 bridgehead atoms. The topological polar surface area (TPSA) is 87.3 Å². The van der Waals surface area contributed by atoms with E-state index >= 15 is 0 Å².